The van der Waals surface area contributed by atoms with Crippen molar-refractivity contribution in [2.75, 3.05) is 32.4 Å². The number of thioether (sulfide) groups is 1. The molecule has 0 radical (unpaired) electrons. The Morgan fingerprint density at radius 3 is 3.00 bits per heavy atom. The second-order valence-electron chi connectivity index (χ2n) is 5.22. The van der Waals surface area contributed by atoms with E-state index in [-0.39, 0.29) is 5.25 Å². The molecule has 0 spiro atoms. The van der Waals surface area contributed by atoms with Gasteiger partial charge in [-0.3, -0.25) is 4.79 Å². The summed E-state index contributed by atoms with van der Waals surface area (Å²) in [4.78, 5) is 14.4. The summed E-state index contributed by atoms with van der Waals surface area (Å²) in [5, 5.41) is 3.35. The monoisotopic (exact) mass is 272 g/mol. The van der Waals surface area contributed by atoms with Gasteiger partial charge in [0.05, 0.1) is 5.25 Å². The molecule has 2 unspecified atom stereocenters. The van der Waals surface area contributed by atoms with Crippen LogP contribution in [0.1, 0.15) is 39.5 Å². The number of carbonyl (C=O) groups excluding carboxylic acids is 1. The minimum Gasteiger partial charge on any atom is -0.341 e. The van der Waals surface area contributed by atoms with Gasteiger partial charge in [-0.15, -0.1) is 11.8 Å². The molecule has 0 bridgehead atoms. The molecule has 1 saturated heterocycles. The molecule has 0 aromatic rings. The van der Waals surface area contributed by atoms with Gasteiger partial charge in [-0.1, -0.05) is 13.3 Å². The normalized spacial score (nSPS) is 21.9. The van der Waals surface area contributed by atoms with Gasteiger partial charge in [-0.05, 0) is 51.4 Å². The zero-order valence-electron chi connectivity index (χ0n) is 12.1. The van der Waals surface area contributed by atoms with E-state index in [9.17, 15) is 4.79 Å². The van der Waals surface area contributed by atoms with Crippen LogP contribution in [0.4, 0.5) is 0 Å². The Hall–Kier alpha value is -0.220. The number of unbranched alkanes of at least 4 members (excludes halogenated alkanes) is 1. The molecule has 1 aliphatic heterocycles. The quantitative estimate of drug-likeness (QED) is 0.722. The van der Waals surface area contributed by atoms with Crippen molar-refractivity contribution in [2.45, 2.75) is 44.8 Å². The molecule has 4 heteroatoms. The van der Waals surface area contributed by atoms with Crippen LogP contribution in [-0.2, 0) is 4.79 Å². The molecule has 0 saturated carbocycles. The van der Waals surface area contributed by atoms with E-state index in [4.69, 9.17) is 0 Å². The number of nitrogens with zero attached hydrogens (tertiary/aromatic N) is 1. The number of nitrogens with one attached hydrogen (secondary N) is 1. The fraction of sp³-hybridized carbons (Fsp3) is 0.929. The van der Waals surface area contributed by atoms with Crippen molar-refractivity contribution in [1.82, 2.24) is 10.2 Å². The van der Waals surface area contributed by atoms with Gasteiger partial charge in [0.15, 0.2) is 0 Å². The van der Waals surface area contributed by atoms with E-state index in [1.54, 1.807) is 0 Å². The van der Waals surface area contributed by atoms with Crippen molar-refractivity contribution in [3.05, 3.63) is 0 Å². The first-order valence-corrected chi connectivity index (χ1v) is 8.28. The lowest BCUT2D eigenvalue weighted by atomic mass is 9.98. The van der Waals surface area contributed by atoms with Crippen LogP contribution in [0.5, 0.6) is 0 Å². The molecule has 2 atom stereocenters. The van der Waals surface area contributed by atoms with Gasteiger partial charge in [0.2, 0.25) is 5.91 Å². The highest BCUT2D eigenvalue weighted by Gasteiger charge is 2.26. The molecular formula is C14H28N2OS. The summed E-state index contributed by atoms with van der Waals surface area (Å²) in [6.45, 7) is 7.18. The van der Waals surface area contributed by atoms with E-state index in [2.05, 4.69) is 24.1 Å². The predicted molar refractivity (Wildman–Crippen MR) is 80.1 cm³/mol. The molecular weight excluding hydrogens is 244 g/mol. The highest BCUT2D eigenvalue weighted by Crippen LogP contribution is 2.20. The Balaban J connectivity index is 2.35. The lowest BCUT2D eigenvalue weighted by molar-refractivity contribution is -0.132. The number of rotatable bonds is 7. The SMILES string of the molecule is CCCCSC(C)C(=O)N1CCCC(CNC)C1. The molecule has 1 N–H and O–H groups in total. The molecule has 3 nitrogen and oxygen atoms in total. The standard InChI is InChI=1S/C14H28N2OS/c1-4-5-9-18-12(2)14(17)16-8-6-7-13(11-16)10-15-3/h12-13,15H,4-11H2,1-3H3. The Morgan fingerprint density at radius 2 is 2.33 bits per heavy atom. The van der Waals surface area contributed by atoms with E-state index < -0.39 is 0 Å². The average Bonchev–Trinajstić information content (AvgIpc) is 2.39. The van der Waals surface area contributed by atoms with Crippen molar-refractivity contribution in [1.29, 1.82) is 0 Å². The minimum atomic E-state index is 0.130. The Labute approximate surface area is 116 Å². The van der Waals surface area contributed by atoms with Crippen LogP contribution in [0.3, 0.4) is 0 Å². The third-order valence-corrected chi connectivity index (χ3v) is 4.76. The average molecular weight is 272 g/mol. The molecule has 0 aromatic heterocycles. The molecule has 0 aromatic carbocycles. The van der Waals surface area contributed by atoms with Gasteiger partial charge in [0.25, 0.3) is 0 Å². The van der Waals surface area contributed by atoms with Crippen molar-refractivity contribution >= 4 is 17.7 Å². The second-order valence-corrected chi connectivity index (χ2v) is 6.67. The van der Waals surface area contributed by atoms with E-state index in [0.717, 1.165) is 31.8 Å². The first-order chi connectivity index (χ1) is 8.69. The van der Waals surface area contributed by atoms with E-state index >= 15 is 0 Å². The number of amides is 1. The van der Waals surface area contributed by atoms with Crippen LogP contribution < -0.4 is 5.32 Å². The van der Waals surface area contributed by atoms with Crippen molar-refractivity contribution in [2.24, 2.45) is 5.92 Å². The zero-order chi connectivity index (χ0) is 13.4. The Bertz CT molecular complexity index is 246. The van der Waals surface area contributed by atoms with Gasteiger partial charge < -0.3 is 10.2 Å². The number of hydrogen-bond acceptors (Lipinski definition) is 3. The third-order valence-electron chi connectivity index (χ3n) is 3.54. The summed E-state index contributed by atoms with van der Waals surface area (Å²) in [5.41, 5.74) is 0. The molecule has 1 aliphatic rings. The summed E-state index contributed by atoms with van der Waals surface area (Å²) >= 11 is 1.81. The maximum atomic E-state index is 12.3. The maximum Gasteiger partial charge on any atom is 0.235 e. The second kappa shape index (κ2) is 8.81. The molecule has 1 fully saturated rings. The summed E-state index contributed by atoms with van der Waals surface area (Å²) in [7, 11) is 1.99. The zero-order valence-corrected chi connectivity index (χ0v) is 12.9. The summed E-state index contributed by atoms with van der Waals surface area (Å²) < 4.78 is 0. The third kappa shape index (κ3) is 5.19. The van der Waals surface area contributed by atoms with Crippen LogP contribution in [0, 0.1) is 5.92 Å². The molecule has 18 heavy (non-hydrogen) atoms. The molecule has 1 heterocycles. The lowest BCUT2D eigenvalue weighted by Gasteiger charge is -2.34. The highest BCUT2D eigenvalue weighted by atomic mass is 32.2. The van der Waals surface area contributed by atoms with Gasteiger partial charge in [0.1, 0.15) is 0 Å². The summed E-state index contributed by atoms with van der Waals surface area (Å²) in [5.74, 6) is 2.09. The summed E-state index contributed by atoms with van der Waals surface area (Å²) in [6.07, 6.45) is 4.83. The maximum absolute atomic E-state index is 12.3. The van der Waals surface area contributed by atoms with Crippen LogP contribution in [0.25, 0.3) is 0 Å². The molecule has 106 valence electrons. The number of likely N-dealkylation sites (tertiary alicyclic amines) is 1. The number of carbonyl (C=O) groups is 1. The van der Waals surface area contributed by atoms with Crippen LogP contribution in [-0.4, -0.2) is 48.5 Å². The van der Waals surface area contributed by atoms with Crippen LogP contribution in [0.2, 0.25) is 0 Å². The van der Waals surface area contributed by atoms with E-state index in [1.165, 1.54) is 19.3 Å². The van der Waals surface area contributed by atoms with E-state index in [0.29, 0.717) is 11.8 Å². The van der Waals surface area contributed by atoms with Gasteiger partial charge in [0, 0.05) is 13.1 Å². The molecule has 1 rings (SSSR count). The topological polar surface area (TPSA) is 32.3 Å². The smallest absolute Gasteiger partial charge is 0.235 e. The highest BCUT2D eigenvalue weighted by molar-refractivity contribution is 8.00. The first-order valence-electron chi connectivity index (χ1n) is 7.24. The minimum absolute atomic E-state index is 0.130. The Morgan fingerprint density at radius 1 is 1.56 bits per heavy atom. The first kappa shape index (κ1) is 15.8. The van der Waals surface area contributed by atoms with E-state index in [1.807, 2.05) is 18.8 Å². The number of hydrogen-bond donors (Lipinski definition) is 1. The Kier molecular flexibility index (Phi) is 7.75. The molecule has 1 amide bonds. The van der Waals surface area contributed by atoms with Gasteiger partial charge in [-0.2, -0.15) is 0 Å². The fourth-order valence-electron chi connectivity index (χ4n) is 2.45. The number of piperidine rings is 1. The fourth-order valence-corrected chi connectivity index (χ4v) is 3.55. The van der Waals surface area contributed by atoms with Gasteiger partial charge in [-0.25, -0.2) is 0 Å². The van der Waals surface area contributed by atoms with Crippen molar-refractivity contribution in [3.63, 3.8) is 0 Å². The predicted octanol–water partition coefficient (Wildman–Crippen LogP) is 2.37. The summed E-state index contributed by atoms with van der Waals surface area (Å²) in [6, 6.07) is 0. The molecule has 0 aliphatic carbocycles. The van der Waals surface area contributed by atoms with Crippen molar-refractivity contribution in [3.8, 4) is 0 Å². The van der Waals surface area contributed by atoms with Crippen LogP contribution >= 0.6 is 11.8 Å². The van der Waals surface area contributed by atoms with Crippen molar-refractivity contribution < 1.29 is 4.79 Å². The lowest BCUT2D eigenvalue weighted by Crippen LogP contribution is -2.45. The van der Waals surface area contributed by atoms with Crippen LogP contribution in [0.15, 0.2) is 0 Å². The largest absolute Gasteiger partial charge is 0.341 e. The van der Waals surface area contributed by atoms with Gasteiger partial charge >= 0.3 is 0 Å².